The van der Waals surface area contributed by atoms with Gasteiger partial charge in [0.05, 0.1) is 25.0 Å². The monoisotopic (exact) mass is 217 g/mol. The Morgan fingerprint density at radius 3 is 2.73 bits per heavy atom. The molecule has 0 saturated carbocycles. The second-order valence-electron chi connectivity index (χ2n) is 2.66. The van der Waals surface area contributed by atoms with Gasteiger partial charge in [-0.15, -0.1) is 0 Å². The third-order valence-corrected chi connectivity index (χ3v) is 1.77. The fourth-order valence-corrected chi connectivity index (χ4v) is 1.00. The van der Waals surface area contributed by atoms with E-state index in [0.29, 0.717) is 0 Å². The first kappa shape index (κ1) is 11.4. The standard InChI is InChI=1S/C9H9F2NO3/c1-15-9(14)12-7-3-2-6(10)5(4-13)8(7)11/h2-3,13H,4H2,1H3,(H,12,14). The topological polar surface area (TPSA) is 58.6 Å². The number of carbonyl (C=O) groups excluding carboxylic acids is 1. The number of hydrogen-bond donors (Lipinski definition) is 2. The molecule has 0 radical (unpaired) electrons. The Kier molecular flexibility index (Phi) is 3.56. The first-order valence-electron chi connectivity index (χ1n) is 4.02. The van der Waals surface area contributed by atoms with E-state index < -0.39 is 29.9 Å². The molecule has 0 aromatic heterocycles. The minimum absolute atomic E-state index is 0.243. The Balaban J connectivity index is 3.05. The molecule has 1 aromatic rings. The number of methoxy groups -OCH3 is 1. The van der Waals surface area contributed by atoms with Crippen LogP contribution in [0, 0.1) is 11.6 Å². The van der Waals surface area contributed by atoms with Gasteiger partial charge in [0.25, 0.3) is 0 Å². The van der Waals surface area contributed by atoms with Crippen LogP contribution in [-0.4, -0.2) is 18.3 Å². The molecule has 6 heteroatoms. The largest absolute Gasteiger partial charge is 0.453 e. The molecule has 1 amide bonds. The van der Waals surface area contributed by atoms with Crippen molar-refractivity contribution in [1.29, 1.82) is 0 Å². The van der Waals surface area contributed by atoms with Crippen molar-refractivity contribution >= 4 is 11.8 Å². The van der Waals surface area contributed by atoms with Crippen LogP contribution >= 0.6 is 0 Å². The van der Waals surface area contributed by atoms with Gasteiger partial charge in [0, 0.05) is 0 Å². The number of aliphatic hydroxyl groups excluding tert-OH is 1. The number of halogens is 2. The maximum absolute atomic E-state index is 13.4. The summed E-state index contributed by atoms with van der Waals surface area (Å²) in [5.41, 5.74) is -0.740. The van der Waals surface area contributed by atoms with Crippen LogP contribution in [0.3, 0.4) is 0 Å². The highest BCUT2D eigenvalue weighted by molar-refractivity contribution is 5.84. The molecule has 82 valence electrons. The van der Waals surface area contributed by atoms with E-state index in [1.165, 1.54) is 0 Å². The smallest absolute Gasteiger partial charge is 0.411 e. The van der Waals surface area contributed by atoms with Gasteiger partial charge in [-0.1, -0.05) is 0 Å². The Bertz CT molecular complexity index is 382. The molecule has 15 heavy (non-hydrogen) atoms. The average molecular weight is 217 g/mol. The SMILES string of the molecule is COC(=O)Nc1ccc(F)c(CO)c1F. The molecule has 2 N–H and O–H groups in total. The zero-order chi connectivity index (χ0) is 11.4. The molecular formula is C9H9F2NO3. The van der Waals surface area contributed by atoms with Crippen LogP contribution in [0.1, 0.15) is 5.56 Å². The van der Waals surface area contributed by atoms with E-state index in [-0.39, 0.29) is 5.69 Å². The van der Waals surface area contributed by atoms with Crippen molar-refractivity contribution in [2.45, 2.75) is 6.61 Å². The number of rotatable bonds is 2. The Hall–Kier alpha value is -1.69. The number of anilines is 1. The summed E-state index contributed by atoms with van der Waals surface area (Å²) in [6, 6.07) is 1.99. The molecule has 0 aliphatic carbocycles. The molecule has 0 bridgehead atoms. The van der Waals surface area contributed by atoms with Crippen LogP contribution in [0.5, 0.6) is 0 Å². The molecule has 4 nitrogen and oxygen atoms in total. The molecule has 0 spiro atoms. The first-order valence-corrected chi connectivity index (χ1v) is 4.02. The highest BCUT2D eigenvalue weighted by Crippen LogP contribution is 2.21. The summed E-state index contributed by atoms with van der Waals surface area (Å²) in [6.45, 7) is -0.783. The molecule has 0 fully saturated rings. The summed E-state index contributed by atoms with van der Waals surface area (Å²) in [5, 5.41) is 10.7. The number of benzene rings is 1. The zero-order valence-electron chi connectivity index (χ0n) is 7.88. The maximum Gasteiger partial charge on any atom is 0.411 e. The number of aliphatic hydroxyl groups is 1. The van der Waals surface area contributed by atoms with Gasteiger partial charge in [0.2, 0.25) is 0 Å². The summed E-state index contributed by atoms with van der Waals surface area (Å²) in [7, 11) is 1.11. The van der Waals surface area contributed by atoms with Crippen molar-refractivity contribution in [3.63, 3.8) is 0 Å². The van der Waals surface area contributed by atoms with E-state index in [0.717, 1.165) is 19.2 Å². The minimum atomic E-state index is -1.01. The van der Waals surface area contributed by atoms with Crippen molar-refractivity contribution in [3.8, 4) is 0 Å². The van der Waals surface area contributed by atoms with Gasteiger partial charge < -0.3 is 9.84 Å². The fraction of sp³-hybridized carbons (Fsp3) is 0.222. The van der Waals surface area contributed by atoms with E-state index in [1.54, 1.807) is 0 Å². The predicted octanol–water partition coefficient (Wildman–Crippen LogP) is 1.64. The first-order chi connectivity index (χ1) is 7.10. The van der Waals surface area contributed by atoms with Crippen LogP contribution < -0.4 is 5.32 Å². The lowest BCUT2D eigenvalue weighted by Crippen LogP contribution is -2.13. The van der Waals surface area contributed by atoms with Gasteiger partial charge in [-0.2, -0.15) is 0 Å². The van der Waals surface area contributed by atoms with E-state index in [9.17, 15) is 13.6 Å². The van der Waals surface area contributed by atoms with Gasteiger partial charge in [-0.25, -0.2) is 13.6 Å². The number of ether oxygens (including phenoxy) is 1. The molecule has 1 aromatic carbocycles. The van der Waals surface area contributed by atoms with Crippen molar-refractivity contribution in [2.24, 2.45) is 0 Å². The third-order valence-electron chi connectivity index (χ3n) is 1.77. The lowest BCUT2D eigenvalue weighted by molar-refractivity contribution is 0.186. The van der Waals surface area contributed by atoms with Crippen molar-refractivity contribution < 1.29 is 23.4 Å². The highest BCUT2D eigenvalue weighted by atomic mass is 19.1. The van der Waals surface area contributed by atoms with Gasteiger partial charge in [-0.05, 0) is 12.1 Å². The average Bonchev–Trinajstić information content (AvgIpc) is 2.23. The second-order valence-corrected chi connectivity index (χ2v) is 2.66. The summed E-state index contributed by atoms with van der Waals surface area (Å²) >= 11 is 0. The van der Waals surface area contributed by atoms with Crippen molar-refractivity contribution in [2.75, 3.05) is 12.4 Å². The van der Waals surface area contributed by atoms with E-state index in [4.69, 9.17) is 5.11 Å². The molecule has 0 unspecified atom stereocenters. The molecule has 0 atom stereocenters. The highest BCUT2D eigenvalue weighted by Gasteiger charge is 2.14. The van der Waals surface area contributed by atoms with Gasteiger partial charge in [0.1, 0.15) is 5.82 Å². The lowest BCUT2D eigenvalue weighted by atomic mass is 10.2. The molecular weight excluding hydrogens is 208 g/mol. The molecule has 0 aliphatic rings. The number of amides is 1. The molecule has 0 aliphatic heterocycles. The second kappa shape index (κ2) is 4.70. The van der Waals surface area contributed by atoms with Gasteiger partial charge >= 0.3 is 6.09 Å². The third kappa shape index (κ3) is 2.41. The number of nitrogens with one attached hydrogen (secondary N) is 1. The predicted molar refractivity (Wildman–Crippen MR) is 48.3 cm³/mol. The summed E-state index contributed by atoms with van der Waals surface area (Å²) < 4.78 is 30.5. The summed E-state index contributed by atoms with van der Waals surface area (Å²) in [5.74, 6) is -1.88. The Morgan fingerprint density at radius 2 is 2.20 bits per heavy atom. The normalized spacial score (nSPS) is 9.87. The van der Waals surface area contributed by atoms with E-state index in [2.05, 4.69) is 4.74 Å². The zero-order valence-corrected chi connectivity index (χ0v) is 7.88. The minimum Gasteiger partial charge on any atom is -0.453 e. The summed E-state index contributed by atoms with van der Waals surface area (Å²) in [6.07, 6.45) is -0.871. The van der Waals surface area contributed by atoms with E-state index >= 15 is 0 Å². The van der Waals surface area contributed by atoms with Crippen LogP contribution in [-0.2, 0) is 11.3 Å². The Labute approximate surface area is 84.5 Å². The lowest BCUT2D eigenvalue weighted by Gasteiger charge is -2.08. The van der Waals surface area contributed by atoms with Crippen molar-refractivity contribution in [1.82, 2.24) is 0 Å². The number of hydrogen-bond acceptors (Lipinski definition) is 3. The fourth-order valence-electron chi connectivity index (χ4n) is 1.00. The van der Waals surface area contributed by atoms with Gasteiger partial charge in [-0.3, -0.25) is 5.32 Å². The molecule has 0 heterocycles. The molecule has 0 saturated heterocycles. The Morgan fingerprint density at radius 1 is 1.53 bits per heavy atom. The maximum atomic E-state index is 13.4. The van der Waals surface area contributed by atoms with Crippen LogP contribution in [0.4, 0.5) is 19.3 Å². The van der Waals surface area contributed by atoms with Crippen LogP contribution in [0.2, 0.25) is 0 Å². The summed E-state index contributed by atoms with van der Waals surface area (Å²) in [4.78, 5) is 10.8. The number of carbonyl (C=O) groups is 1. The molecule has 1 rings (SSSR count). The van der Waals surface area contributed by atoms with Crippen molar-refractivity contribution in [3.05, 3.63) is 29.3 Å². The van der Waals surface area contributed by atoms with E-state index in [1.807, 2.05) is 5.32 Å². The van der Waals surface area contributed by atoms with Gasteiger partial charge in [0.15, 0.2) is 5.82 Å². The van der Waals surface area contributed by atoms with Crippen LogP contribution in [0.25, 0.3) is 0 Å². The van der Waals surface area contributed by atoms with Crippen LogP contribution in [0.15, 0.2) is 12.1 Å². The quantitative estimate of drug-likeness (QED) is 0.791.